The summed E-state index contributed by atoms with van der Waals surface area (Å²) in [5.41, 5.74) is 14.7. The molecule has 0 aliphatic carbocycles. The average molecular weight is 1870 g/mol. The molecule has 37 heteroatoms. The standard InChI is InChI=1S/C23H23N5O2.C22H18N6O2.C20H17N5O3.C20H18N4O2.C18H16N6O2/c1-27-12-4-6-15-14-16(9-10-19(15)27)23(30)28-13-5-7-17-21(28)25-20(26-22(17)29)18-8-2-3-11-24-18;29-21-16-9-6-13-27(20(16)24-19(25-21)17-10-4-5-12-23-17)22(30)18-11-14-28(26-18)15-7-2-1-3-8-15;26-19-12-4-3-10-25(18(12)23-17(24-19)14-5-1-2-9-21-14)20(27)15-6-7-16-13(22-15)8-11-28-16;1-13-6-4-7-14(12-13)20(26)24-11-5-8-15-18(24)22-17(23-19(15)25)16-9-2-3-10-21-16;1-11-7-8-14(23-22-11)18(26)24-10-4-5-12-16(24)20-15(21-17(12)25)13-6-2-3-9-19-13/h2-3,8-11,14H,4-7,12-13H2,1H3,(H,25,26,29);1-5,7-8,10-12,14H,6,9,13H2,(H,24,25,29);1-2,5-7,9H,3-4,8,10-11H2,(H,23,24,26);2-4,6-7,9-10,12H,5,8,11H2,1H3,(H,22,23,25);2-3,6-9,22H,1,4-5,10H2,(H,20,21,25). The number of nitrogens with zero attached hydrogens (tertiary/aromatic N) is 20. The molecule has 700 valence electrons. The van der Waals surface area contributed by atoms with Crippen LogP contribution in [0.15, 0.2) is 273 Å². The molecule has 0 saturated heterocycles. The minimum Gasteiger partial charge on any atom is -0.491 e. The normalized spacial score (nSPS) is 14.6. The van der Waals surface area contributed by atoms with Crippen molar-refractivity contribution in [2.24, 2.45) is 5.10 Å². The summed E-state index contributed by atoms with van der Waals surface area (Å²) in [5.74, 6) is 3.41. The second-order valence-corrected chi connectivity index (χ2v) is 33.9. The van der Waals surface area contributed by atoms with Gasteiger partial charge in [-0.1, -0.05) is 72.8 Å². The van der Waals surface area contributed by atoms with Crippen molar-refractivity contribution in [3.63, 3.8) is 0 Å². The van der Waals surface area contributed by atoms with E-state index in [2.05, 4.69) is 114 Å². The van der Waals surface area contributed by atoms with Gasteiger partial charge in [-0.3, -0.25) is 103 Å². The Bertz CT molecular complexity index is 7690. The van der Waals surface area contributed by atoms with Crippen LogP contribution in [0.2, 0.25) is 0 Å². The number of ether oxygens (including phenoxy) is 1. The number of nitrogens with one attached hydrogen (secondary N) is 6. The lowest BCUT2D eigenvalue weighted by molar-refractivity contribution is -0.112. The van der Waals surface area contributed by atoms with Crippen LogP contribution in [-0.4, -0.2) is 178 Å². The fraction of sp³-hybridized carbons (Fsp3) is 0.214. The first-order chi connectivity index (χ1) is 68.3. The van der Waals surface area contributed by atoms with E-state index >= 15 is 0 Å². The second kappa shape index (κ2) is 40.7. The largest absolute Gasteiger partial charge is 0.491 e. The molecule has 23 rings (SSSR count). The Labute approximate surface area is 798 Å². The van der Waals surface area contributed by atoms with Gasteiger partial charge in [-0.2, -0.15) is 10.2 Å². The van der Waals surface area contributed by atoms with Crippen molar-refractivity contribution in [1.82, 2.24) is 94.9 Å². The van der Waals surface area contributed by atoms with E-state index in [1.54, 1.807) is 148 Å². The third-order valence-electron chi connectivity index (χ3n) is 24.6. The Hall–Kier alpha value is -17.9. The van der Waals surface area contributed by atoms with Crippen molar-refractivity contribution in [3.8, 4) is 69.0 Å². The lowest BCUT2D eigenvalue weighted by atomic mass is 9.98. The number of benzene rings is 3. The van der Waals surface area contributed by atoms with Crippen LogP contribution in [0.3, 0.4) is 0 Å². The van der Waals surface area contributed by atoms with Gasteiger partial charge in [-0.05, 0) is 223 Å². The Morgan fingerprint density at radius 3 is 1.18 bits per heavy atom. The summed E-state index contributed by atoms with van der Waals surface area (Å²) in [6, 6.07) is 55.0. The zero-order chi connectivity index (χ0) is 96.4. The summed E-state index contributed by atoms with van der Waals surface area (Å²) >= 11 is 0. The highest BCUT2D eigenvalue weighted by atomic mass is 16.5. The maximum absolute atomic E-state index is 13.4. The summed E-state index contributed by atoms with van der Waals surface area (Å²) in [5, 5.41) is 8.46. The molecule has 140 heavy (non-hydrogen) atoms. The number of allylic oxidation sites excluding steroid dienone is 1. The number of aromatic amines is 5. The molecule has 0 fully saturated rings. The van der Waals surface area contributed by atoms with Crippen LogP contribution in [0.25, 0.3) is 63.3 Å². The number of fused-ring (bicyclic) bond motifs is 7. The Balaban J connectivity index is 0.000000112. The number of amides is 5. The van der Waals surface area contributed by atoms with Gasteiger partial charge in [0, 0.05) is 112 Å². The van der Waals surface area contributed by atoms with Gasteiger partial charge in [0.05, 0.1) is 45.8 Å². The first-order valence-corrected chi connectivity index (χ1v) is 46.0. The van der Waals surface area contributed by atoms with Crippen molar-refractivity contribution in [2.75, 3.05) is 82.3 Å². The first kappa shape index (κ1) is 91.2. The molecule has 0 unspecified atom stereocenters. The minimum atomic E-state index is -0.313. The summed E-state index contributed by atoms with van der Waals surface area (Å²) in [6.07, 6.45) is 22.4. The van der Waals surface area contributed by atoms with Crippen LogP contribution in [0.1, 0.15) is 125 Å². The van der Waals surface area contributed by atoms with Crippen molar-refractivity contribution in [2.45, 2.75) is 90.4 Å². The van der Waals surface area contributed by atoms with Crippen LogP contribution in [0.5, 0.6) is 5.75 Å². The second-order valence-electron chi connectivity index (χ2n) is 33.9. The van der Waals surface area contributed by atoms with Gasteiger partial charge in [0.15, 0.2) is 34.8 Å². The smallest absolute Gasteiger partial charge is 0.279 e. The molecule has 0 bridgehead atoms. The number of carbonyl (C=O) groups excluding carboxylic acids is 5. The maximum Gasteiger partial charge on any atom is 0.279 e. The number of hydrogen-bond donors (Lipinski definition) is 6. The number of hydrazone groups is 1. The lowest BCUT2D eigenvalue weighted by Gasteiger charge is -2.30. The van der Waals surface area contributed by atoms with E-state index < -0.39 is 0 Å². The van der Waals surface area contributed by atoms with Gasteiger partial charge in [-0.15, -0.1) is 0 Å². The van der Waals surface area contributed by atoms with Gasteiger partial charge in [0.25, 0.3) is 57.3 Å². The molecule has 15 aromatic rings. The van der Waals surface area contributed by atoms with Gasteiger partial charge in [0.2, 0.25) is 0 Å². The van der Waals surface area contributed by atoms with Gasteiger partial charge in [-0.25, -0.2) is 34.6 Å². The van der Waals surface area contributed by atoms with Gasteiger partial charge in [0.1, 0.15) is 74.7 Å². The molecule has 8 aliphatic rings. The molecule has 20 heterocycles. The maximum atomic E-state index is 13.4. The fourth-order valence-electron chi connectivity index (χ4n) is 17.6. The van der Waals surface area contributed by atoms with Crippen molar-refractivity contribution < 1.29 is 28.7 Å². The number of para-hydroxylation sites is 1. The SMILES string of the molecule is C=C1C=CC(C(=O)N2CCCc3c2nc(-c2ccccn2)[nH]c3=O)=NN1.CN1CCCc2cc(C(=O)N3CCCc4c3nc(-c3ccccn3)[nH]c4=O)ccc21.Cc1cccc(C(=O)N2CCCc3c2nc(-c2ccccn2)[nH]c3=O)c1.O=C(c1ccc2c(n1)CCO2)N1CCCc2c1nc(-c1ccccn1)[nH]c2=O.O=C(c1ccn(-c2ccccc2)n1)N1CCCc2c1nc(-c1ccccn1)[nH]c2=O. The number of H-pyrrole nitrogens is 5. The number of anilines is 6. The van der Waals surface area contributed by atoms with E-state index in [9.17, 15) is 47.9 Å². The molecule has 37 nitrogen and oxygen atoms in total. The van der Waals surface area contributed by atoms with Crippen molar-refractivity contribution in [3.05, 3.63) is 363 Å². The molecule has 8 aliphatic heterocycles. The molecule has 6 N–H and O–H groups in total. The number of pyridine rings is 6. The third kappa shape index (κ3) is 19.6. The zero-order valence-corrected chi connectivity index (χ0v) is 76.2. The summed E-state index contributed by atoms with van der Waals surface area (Å²) in [7, 11) is 2.08. The number of hydrogen-bond acceptors (Lipinski definition) is 26. The zero-order valence-electron chi connectivity index (χ0n) is 76.2. The van der Waals surface area contributed by atoms with Gasteiger partial charge < -0.3 is 34.6 Å². The third-order valence-corrected chi connectivity index (χ3v) is 24.6. The molecule has 12 aromatic heterocycles. The lowest BCUT2D eigenvalue weighted by Crippen LogP contribution is -2.43. The first-order valence-electron chi connectivity index (χ1n) is 46.0. The molecule has 0 saturated carbocycles. The highest BCUT2D eigenvalue weighted by Crippen LogP contribution is 2.35. The summed E-state index contributed by atoms with van der Waals surface area (Å²) in [6.45, 7) is 9.79. The van der Waals surface area contributed by atoms with E-state index in [1.165, 1.54) is 21.1 Å². The minimum absolute atomic E-state index is 0.114. The summed E-state index contributed by atoms with van der Waals surface area (Å²) in [4.78, 5) is 202. The van der Waals surface area contributed by atoms with Crippen LogP contribution in [0.4, 0.5) is 34.8 Å². The van der Waals surface area contributed by atoms with Crippen molar-refractivity contribution in [1.29, 1.82) is 0 Å². The molecule has 5 amide bonds. The van der Waals surface area contributed by atoms with E-state index in [0.717, 1.165) is 54.9 Å². The van der Waals surface area contributed by atoms with E-state index in [0.29, 0.717) is 240 Å². The van der Waals surface area contributed by atoms with Crippen LogP contribution < -0.4 is 67.4 Å². The Kier molecular flexibility index (Phi) is 26.5. The van der Waals surface area contributed by atoms with Crippen LogP contribution >= 0.6 is 0 Å². The van der Waals surface area contributed by atoms with Crippen LogP contribution in [0, 0.1) is 6.92 Å². The Morgan fingerprint density at radius 1 is 0.371 bits per heavy atom. The highest BCUT2D eigenvalue weighted by molar-refractivity contribution is 6.47. The molecule has 0 atom stereocenters. The van der Waals surface area contributed by atoms with Crippen molar-refractivity contribution >= 4 is 70.0 Å². The number of aromatic nitrogens is 18. The van der Waals surface area contributed by atoms with Crippen LogP contribution in [-0.2, 0) is 49.7 Å². The summed E-state index contributed by atoms with van der Waals surface area (Å²) < 4.78 is 7.12. The van der Waals surface area contributed by atoms with Gasteiger partial charge >= 0.3 is 0 Å². The monoisotopic (exact) mass is 1870 g/mol. The molecule has 0 spiro atoms. The molecule has 3 aromatic carbocycles. The molecular formula is C103H92N26O11. The highest BCUT2D eigenvalue weighted by Gasteiger charge is 2.36. The van der Waals surface area contributed by atoms with E-state index in [1.807, 2.05) is 110 Å². The number of aryl methyl sites for hydroxylation is 2. The Morgan fingerprint density at radius 2 is 0.771 bits per heavy atom. The van der Waals surface area contributed by atoms with E-state index in [4.69, 9.17) is 4.74 Å². The molecular weight excluding hydrogens is 1780 g/mol. The topological polar surface area (TPSA) is 462 Å². The number of rotatable bonds is 11. The number of carbonyl (C=O) groups is 5. The quantitative estimate of drug-likeness (QED) is 0.0700. The predicted molar refractivity (Wildman–Crippen MR) is 526 cm³/mol. The fourth-order valence-corrected chi connectivity index (χ4v) is 17.6. The predicted octanol–water partition coefficient (Wildman–Crippen LogP) is 11.0. The average Bonchev–Trinajstić information content (AvgIpc) is 0.867. The molecule has 0 radical (unpaired) electrons. The van der Waals surface area contributed by atoms with E-state index in [-0.39, 0.29) is 63.0 Å².